The fraction of sp³-hybridized carbons (Fsp3) is 0.533. The van der Waals surface area contributed by atoms with E-state index in [1.165, 1.54) is 32.1 Å². The molecule has 4 nitrogen and oxygen atoms in total. The standard InChI is InChI=1S/C15H21N4Se/c1-12(14-10-6-7-11-16-14)17-18-15(20)19(2)13-8-4-3-5-9-13/h6-7,10-11,13H,3-5,8-9H2,1-2H3. The molecule has 0 atom stereocenters. The van der Waals surface area contributed by atoms with Crippen LogP contribution in [-0.4, -0.2) is 49.4 Å². The van der Waals surface area contributed by atoms with Gasteiger partial charge in [-0.25, -0.2) is 0 Å². The molecule has 0 N–H and O–H groups in total. The van der Waals surface area contributed by atoms with Crippen molar-refractivity contribution in [2.45, 2.75) is 45.1 Å². The fourth-order valence-corrected chi connectivity index (χ4v) is 2.84. The average molecular weight is 336 g/mol. The molecule has 1 fully saturated rings. The van der Waals surface area contributed by atoms with Crippen LogP contribution in [-0.2, 0) is 0 Å². The molecule has 0 amide bonds. The number of hydrogen-bond donors (Lipinski definition) is 0. The van der Waals surface area contributed by atoms with Crippen LogP contribution >= 0.6 is 0 Å². The predicted octanol–water partition coefficient (Wildman–Crippen LogP) is 2.59. The number of nitrogens with zero attached hydrogens (tertiary/aromatic N) is 4. The first kappa shape index (κ1) is 15.2. The summed E-state index contributed by atoms with van der Waals surface area (Å²) in [5.41, 5.74) is 1.69. The third kappa shape index (κ3) is 4.15. The van der Waals surface area contributed by atoms with Crippen LogP contribution in [0.2, 0.25) is 0 Å². The normalized spacial score (nSPS) is 18.1. The van der Waals surface area contributed by atoms with Crippen molar-refractivity contribution in [2.24, 2.45) is 10.2 Å². The van der Waals surface area contributed by atoms with Crippen LogP contribution < -0.4 is 0 Å². The van der Waals surface area contributed by atoms with Crippen molar-refractivity contribution in [3.63, 3.8) is 0 Å². The van der Waals surface area contributed by atoms with Crippen LogP contribution in [0.4, 0.5) is 0 Å². The van der Waals surface area contributed by atoms with Crippen LogP contribution in [0.1, 0.15) is 44.7 Å². The Morgan fingerprint density at radius 3 is 2.65 bits per heavy atom. The Kier molecular flexibility index (Phi) is 5.74. The Hall–Kier alpha value is -1.19. The van der Waals surface area contributed by atoms with Crippen molar-refractivity contribution in [1.29, 1.82) is 0 Å². The summed E-state index contributed by atoms with van der Waals surface area (Å²) in [5, 5.41) is 8.59. The van der Waals surface area contributed by atoms with Crippen molar-refractivity contribution in [1.82, 2.24) is 9.88 Å². The monoisotopic (exact) mass is 337 g/mol. The molecule has 20 heavy (non-hydrogen) atoms. The molecule has 1 heterocycles. The van der Waals surface area contributed by atoms with Gasteiger partial charge >= 0.3 is 129 Å². The third-order valence-electron chi connectivity index (χ3n) is 3.75. The number of aromatic nitrogens is 1. The van der Waals surface area contributed by atoms with Gasteiger partial charge in [-0.15, -0.1) is 0 Å². The van der Waals surface area contributed by atoms with Gasteiger partial charge in [0, 0.05) is 0 Å². The Balaban J connectivity index is 2.02. The van der Waals surface area contributed by atoms with Crippen molar-refractivity contribution in [2.75, 3.05) is 7.05 Å². The van der Waals surface area contributed by atoms with E-state index in [1.807, 2.05) is 25.1 Å². The van der Waals surface area contributed by atoms with E-state index in [1.54, 1.807) is 6.20 Å². The summed E-state index contributed by atoms with van der Waals surface area (Å²) in [6, 6.07) is 6.39. The predicted molar refractivity (Wildman–Crippen MR) is 84.3 cm³/mol. The summed E-state index contributed by atoms with van der Waals surface area (Å²) >= 11 is 3.03. The molecule has 0 spiro atoms. The van der Waals surface area contributed by atoms with Gasteiger partial charge in [0.25, 0.3) is 0 Å². The molecule has 107 valence electrons. The number of amidine groups is 1. The van der Waals surface area contributed by atoms with Gasteiger partial charge in [-0.3, -0.25) is 0 Å². The van der Waals surface area contributed by atoms with Crippen LogP contribution in [0.15, 0.2) is 34.6 Å². The summed E-state index contributed by atoms with van der Waals surface area (Å²) in [4.78, 5) is 6.48. The van der Waals surface area contributed by atoms with Gasteiger partial charge in [-0.2, -0.15) is 0 Å². The Morgan fingerprint density at radius 1 is 1.25 bits per heavy atom. The molecular formula is C15H21N4Se. The van der Waals surface area contributed by atoms with Crippen LogP contribution in [0.25, 0.3) is 0 Å². The van der Waals surface area contributed by atoms with Gasteiger partial charge in [0.05, 0.1) is 0 Å². The average Bonchev–Trinajstić information content (AvgIpc) is 2.53. The minimum atomic E-state index is 0.592. The first-order chi connectivity index (χ1) is 9.68. The quantitative estimate of drug-likeness (QED) is 0.368. The SMILES string of the molecule is CC(=NN=C([Se])N(C)C1CCCCC1)c1ccccn1. The van der Waals surface area contributed by atoms with Gasteiger partial charge in [0.2, 0.25) is 0 Å². The van der Waals surface area contributed by atoms with Crippen molar-refractivity contribution >= 4 is 26.5 Å². The van der Waals surface area contributed by atoms with Crippen LogP contribution in [0, 0.1) is 0 Å². The van der Waals surface area contributed by atoms with Crippen molar-refractivity contribution in [3.05, 3.63) is 30.1 Å². The fourth-order valence-electron chi connectivity index (χ4n) is 2.44. The topological polar surface area (TPSA) is 40.9 Å². The second-order valence-electron chi connectivity index (χ2n) is 5.19. The summed E-state index contributed by atoms with van der Waals surface area (Å²) in [6.07, 6.45) is 8.27. The molecular weight excluding hydrogens is 315 g/mol. The molecule has 0 saturated heterocycles. The van der Waals surface area contributed by atoms with Crippen molar-refractivity contribution in [3.8, 4) is 0 Å². The number of rotatable bonds is 3. The second kappa shape index (κ2) is 7.55. The number of hydrogen-bond acceptors (Lipinski definition) is 3. The van der Waals surface area contributed by atoms with Gasteiger partial charge in [-0.05, 0) is 0 Å². The summed E-state index contributed by atoms with van der Waals surface area (Å²) in [6.45, 7) is 1.93. The van der Waals surface area contributed by atoms with Crippen LogP contribution in [0.5, 0.6) is 0 Å². The third-order valence-corrected chi connectivity index (χ3v) is 4.52. The van der Waals surface area contributed by atoms with E-state index in [2.05, 4.69) is 43.1 Å². The van der Waals surface area contributed by atoms with Gasteiger partial charge < -0.3 is 0 Å². The molecule has 0 aliphatic heterocycles. The zero-order valence-corrected chi connectivity index (χ0v) is 13.8. The van der Waals surface area contributed by atoms with E-state index in [0.717, 1.165) is 16.1 Å². The number of pyridine rings is 1. The summed E-state index contributed by atoms with van der Waals surface area (Å²) in [7, 11) is 2.09. The molecule has 5 heteroatoms. The Morgan fingerprint density at radius 2 is 2.00 bits per heavy atom. The van der Waals surface area contributed by atoms with E-state index < -0.39 is 0 Å². The molecule has 2 rings (SSSR count). The molecule has 1 aliphatic carbocycles. The van der Waals surface area contributed by atoms with E-state index in [0.29, 0.717) is 6.04 Å². The maximum absolute atomic E-state index is 4.31. The molecule has 0 aromatic carbocycles. The maximum atomic E-state index is 4.31. The molecule has 1 saturated carbocycles. The first-order valence-corrected chi connectivity index (χ1v) is 7.97. The van der Waals surface area contributed by atoms with E-state index in [-0.39, 0.29) is 0 Å². The zero-order chi connectivity index (χ0) is 14.4. The molecule has 1 aromatic rings. The minimum absolute atomic E-state index is 0.592. The molecule has 1 aromatic heterocycles. The molecule has 1 radical (unpaired) electrons. The van der Waals surface area contributed by atoms with E-state index in [4.69, 9.17) is 0 Å². The first-order valence-electron chi connectivity index (χ1n) is 7.12. The van der Waals surface area contributed by atoms with Crippen molar-refractivity contribution < 1.29 is 0 Å². The molecule has 0 bridgehead atoms. The van der Waals surface area contributed by atoms with E-state index in [9.17, 15) is 0 Å². The Bertz CT molecular complexity index is 478. The summed E-state index contributed by atoms with van der Waals surface area (Å²) in [5.74, 6) is 0. The molecule has 0 unspecified atom stereocenters. The second-order valence-corrected chi connectivity index (χ2v) is 5.95. The Labute approximate surface area is 129 Å². The van der Waals surface area contributed by atoms with Gasteiger partial charge in [0.1, 0.15) is 0 Å². The van der Waals surface area contributed by atoms with E-state index >= 15 is 0 Å². The van der Waals surface area contributed by atoms with Crippen LogP contribution in [0.3, 0.4) is 0 Å². The van der Waals surface area contributed by atoms with Gasteiger partial charge in [-0.1, -0.05) is 0 Å². The zero-order valence-electron chi connectivity index (χ0n) is 12.1. The molecule has 1 aliphatic rings. The summed E-state index contributed by atoms with van der Waals surface area (Å²) < 4.78 is 0.854. The van der Waals surface area contributed by atoms with Gasteiger partial charge in [0.15, 0.2) is 0 Å².